The molecular weight excluding hydrogens is 308 g/mol. The van der Waals surface area contributed by atoms with E-state index in [0.717, 1.165) is 23.5 Å². The van der Waals surface area contributed by atoms with Crippen LogP contribution in [0.5, 0.6) is 0 Å². The molecule has 1 saturated heterocycles. The number of hydrogen-bond donors (Lipinski definition) is 1. The normalized spacial score (nSPS) is 21.5. The zero-order valence-electron chi connectivity index (χ0n) is 12.4. The van der Waals surface area contributed by atoms with Crippen molar-refractivity contribution in [1.29, 1.82) is 0 Å². The van der Waals surface area contributed by atoms with Gasteiger partial charge in [0.15, 0.2) is 0 Å². The first-order valence-electron chi connectivity index (χ1n) is 7.05. The molecule has 1 N–H and O–H groups in total. The molecule has 0 radical (unpaired) electrons. The molecule has 1 aliphatic heterocycles. The van der Waals surface area contributed by atoms with Gasteiger partial charge in [-0.05, 0) is 30.7 Å². The molecular formula is C14H22N2O3S2. The lowest BCUT2D eigenvalue weighted by molar-refractivity contribution is 0.331. The summed E-state index contributed by atoms with van der Waals surface area (Å²) >= 11 is 0. The first-order chi connectivity index (χ1) is 9.92. The van der Waals surface area contributed by atoms with E-state index >= 15 is 0 Å². The van der Waals surface area contributed by atoms with Gasteiger partial charge in [0, 0.05) is 41.6 Å². The molecule has 1 aromatic rings. The van der Waals surface area contributed by atoms with Crippen LogP contribution < -0.4 is 4.72 Å². The molecule has 0 aromatic heterocycles. The lowest BCUT2D eigenvalue weighted by atomic mass is 10.2. The van der Waals surface area contributed by atoms with Crippen molar-refractivity contribution in [3.63, 3.8) is 0 Å². The number of hydrogen-bond acceptors (Lipinski definition) is 4. The van der Waals surface area contributed by atoms with Crippen LogP contribution in [0.15, 0.2) is 29.2 Å². The smallest absolute Gasteiger partial charge is 0.215 e. The summed E-state index contributed by atoms with van der Waals surface area (Å²) in [6, 6.07) is 7.66. The minimum atomic E-state index is -3.19. The Morgan fingerprint density at radius 2 is 2.00 bits per heavy atom. The Morgan fingerprint density at radius 1 is 1.33 bits per heavy atom. The van der Waals surface area contributed by atoms with Crippen molar-refractivity contribution >= 4 is 20.8 Å². The predicted molar refractivity (Wildman–Crippen MR) is 85.1 cm³/mol. The lowest BCUT2D eigenvalue weighted by Gasteiger charge is -2.16. The van der Waals surface area contributed by atoms with Crippen molar-refractivity contribution < 1.29 is 12.6 Å². The molecule has 1 aliphatic rings. The van der Waals surface area contributed by atoms with E-state index in [0.29, 0.717) is 19.5 Å². The summed E-state index contributed by atoms with van der Waals surface area (Å²) in [6.45, 7) is 4.32. The number of sulfonamides is 1. The number of nitrogens with zero attached hydrogens (tertiary/aromatic N) is 1. The first-order valence-corrected chi connectivity index (χ1v) is 10.2. The predicted octanol–water partition coefficient (Wildman–Crippen LogP) is 0.938. The highest BCUT2D eigenvalue weighted by atomic mass is 32.2. The Bertz CT molecular complexity index is 599. The van der Waals surface area contributed by atoms with Gasteiger partial charge in [0.05, 0.1) is 5.25 Å². The summed E-state index contributed by atoms with van der Waals surface area (Å²) in [4.78, 5) is 2.96. The largest absolute Gasteiger partial charge is 0.298 e. The molecule has 1 fully saturated rings. The summed E-state index contributed by atoms with van der Waals surface area (Å²) in [7, 11) is -4.15. The van der Waals surface area contributed by atoms with E-state index in [1.54, 1.807) is 13.2 Å². The topological polar surface area (TPSA) is 66.5 Å². The van der Waals surface area contributed by atoms with Crippen molar-refractivity contribution in [2.24, 2.45) is 0 Å². The number of nitrogens with one attached hydrogen (secondary N) is 1. The molecule has 0 spiro atoms. The number of likely N-dealkylation sites (tertiary alicyclic amines) is 1. The van der Waals surface area contributed by atoms with Crippen LogP contribution in [0, 0.1) is 0 Å². The van der Waals surface area contributed by atoms with Gasteiger partial charge in [0.1, 0.15) is 0 Å². The maximum atomic E-state index is 12.0. The molecule has 2 rings (SSSR count). The van der Waals surface area contributed by atoms with Crippen molar-refractivity contribution in [1.82, 2.24) is 9.62 Å². The third-order valence-electron chi connectivity index (χ3n) is 3.67. The van der Waals surface area contributed by atoms with Gasteiger partial charge in [-0.2, -0.15) is 0 Å². The number of benzene rings is 1. The second-order valence-electron chi connectivity index (χ2n) is 5.29. The summed E-state index contributed by atoms with van der Waals surface area (Å²) in [5, 5.41) is -0.320. The van der Waals surface area contributed by atoms with E-state index in [1.165, 1.54) is 0 Å². The SMILES string of the molecule is CCNS(=O)(=O)C1CCN(Cc2ccc(S(C)=O)cc2)C1. The van der Waals surface area contributed by atoms with Crippen molar-refractivity contribution in [2.75, 3.05) is 25.9 Å². The van der Waals surface area contributed by atoms with E-state index < -0.39 is 20.8 Å². The van der Waals surface area contributed by atoms with E-state index in [4.69, 9.17) is 0 Å². The summed E-state index contributed by atoms with van der Waals surface area (Å²) < 4.78 is 37.9. The third-order valence-corrected chi connectivity index (χ3v) is 6.56. The van der Waals surface area contributed by atoms with E-state index in [-0.39, 0.29) is 5.25 Å². The molecule has 118 valence electrons. The van der Waals surface area contributed by atoms with Gasteiger partial charge < -0.3 is 0 Å². The second kappa shape index (κ2) is 7.00. The van der Waals surface area contributed by atoms with Gasteiger partial charge in [-0.25, -0.2) is 13.1 Å². The highest BCUT2D eigenvalue weighted by Crippen LogP contribution is 2.19. The Hall–Kier alpha value is -0.760. The minimum Gasteiger partial charge on any atom is -0.298 e. The van der Waals surface area contributed by atoms with Crippen LogP contribution >= 0.6 is 0 Å². The van der Waals surface area contributed by atoms with Crippen LogP contribution in [0.4, 0.5) is 0 Å². The van der Waals surface area contributed by atoms with Crippen LogP contribution in [0.1, 0.15) is 18.9 Å². The summed E-state index contributed by atoms with van der Waals surface area (Å²) in [5.41, 5.74) is 1.12. The van der Waals surface area contributed by atoms with E-state index in [1.807, 2.05) is 24.3 Å². The van der Waals surface area contributed by atoms with Crippen molar-refractivity contribution in [2.45, 2.75) is 30.0 Å². The summed E-state index contributed by atoms with van der Waals surface area (Å²) in [5.74, 6) is 0. The quantitative estimate of drug-likeness (QED) is 0.843. The second-order valence-corrected chi connectivity index (χ2v) is 8.71. The fourth-order valence-corrected chi connectivity index (χ4v) is 4.54. The maximum Gasteiger partial charge on any atom is 0.215 e. The summed E-state index contributed by atoms with van der Waals surface area (Å²) in [6.07, 6.45) is 2.33. The molecule has 1 heterocycles. The molecule has 1 aromatic carbocycles. The monoisotopic (exact) mass is 330 g/mol. The van der Waals surface area contributed by atoms with E-state index in [9.17, 15) is 12.6 Å². The lowest BCUT2D eigenvalue weighted by Crippen LogP contribution is -2.36. The zero-order valence-corrected chi connectivity index (χ0v) is 14.0. The van der Waals surface area contributed by atoms with Crippen LogP contribution in [-0.2, 0) is 27.4 Å². The van der Waals surface area contributed by atoms with Gasteiger partial charge in [-0.15, -0.1) is 0 Å². The molecule has 0 aliphatic carbocycles. The van der Waals surface area contributed by atoms with Gasteiger partial charge in [0.25, 0.3) is 0 Å². The van der Waals surface area contributed by atoms with Crippen LogP contribution in [0.25, 0.3) is 0 Å². The fraction of sp³-hybridized carbons (Fsp3) is 0.571. The molecule has 2 atom stereocenters. The molecule has 0 saturated carbocycles. The Balaban J connectivity index is 1.95. The highest BCUT2D eigenvalue weighted by molar-refractivity contribution is 7.90. The number of rotatable bonds is 6. The zero-order chi connectivity index (χ0) is 15.5. The highest BCUT2D eigenvalue weighted by Gasteiger charge is 2.32. The van der Waals surface area contributed by atoms with Gasteiger partial charge >= 0.3 is 0 Å². The van der Waals surface area contributed by atoms with Crippen LogP contribution in [-0.4, -0.2) is 48.7 Å². The van der Waals surface area contributed by atoms with Crippen molar-refractivity contribution in [3.8, 4) is 0 Å². The Labute approximate surface area is 129 Å². The molecule has 5 nitrogen and oxygen atoms in total. The van der Waals surface area contributed by atoms with Gasteiger partial charge in [-0.3, -0.25) is 9.11 Å². The van der Waals surface area contributed by atoms with Gasteiger partial charge in [0.2, 0.25) is 10.0 Å². The maximum absolute atomic E-state index is 12.0. The fourth-order valence-electron chi connectivity index (χ4n) is 2.56. The molecule has 0 bridgehead atoms. The molecule has 2 unspecified atom stereocenters. The first kappa shape index (κ1) is 16.6. The van der Waals surface area contributed by atoms with Gasteiger partial charge in [-0.1, -0.05) is 19.1 Å². The Morgan fingerprint density at radius 3 is 2.57 bits per heavy atom. The molecule has 0 amide bonds. The standard InChI is InChI=1S/C14H22N2O3S2/c1-3-15-21(18,19)14-8-9-16(11-14)10-12-4-6-13(7-5-12)20(2)17/h4-7,14-15H,3,8-11H2,1-2H3. The molecule has 7 heteroatoms. The van der Waals surface area contributed by atoms with Crippen LogP contribution in [0.2, 0.25) is 0 Å². The average molecular weight is 330 g/mol. The van der Waals surface area contributed by atoms with Crippen LogP contribution in [0.3, 0.4) is 0 Å². The Kier molecular flexibility index (Phi) is 5.54. The third kappa shape index (κ3) is 4.35. The molecule has 21 heavy (non-hydrogen) atoms. The van der Waals surface area contributed by atoms with E-state index in [2.05, 4.69) is 9.62 Å². The average Bonchev–Trinajstić information content (AvgIpc) is 2.88. The minimum absolute atomic E-state index is 0.320. The van der Waals surface area contributed by atoms with Crippen molar-refractivity contribution in [3.05, 3.63) is 29.8 Å².